The van der Waals surface area contributed by atoms with Gasteiger partial charge in [-0.15, -0.1) is 0 Å². The van der Waals surface area contributed by atoms with Gasteiger partial charge in [-0.2, -0.15) is 0 Å². The molecule has 0 aliphatic heterocycles. The minimum Gasteiger partial charge on any atom is -0.339 e. The summed E-state index contributed by atoms with van der Waals surface area (Å²) >= 11 is 3.51. The van der Waals surface area contributed by atoms with Crippen LogP contribution in [0.1, 0.15) is 24.1 Å². The minimum atomic E-state index is -0.0158. The zero-order valence-corrected chi connectivity index (χ0v) is 12.0. The first kappa shape index (κ1) is 13.1. The Balaban J connectivity index is 2.34. The number of benzene rings is 1. The van der Waals surface area contributed by atoms with Gasteiger partial charge in [0.25, 0.3) is 0 Å². The maximum Gasteiger partial charge on any atom is 0.144 e. The summed E-state index contributed by atoms with van der Waals surface area (Å²) in [5.74, 6) is 0.800. The van der Waals surface area contributed by atoms with Gasteiger partial charge >= 0.3 is 0 Å². The summed E-state index contributed by atoms with van der Waals surface area (Å²) in [4.78, 5) is 4.37. The molecule has 0 saturated heterocycles. The first-order valence-corrected chi connectivity index (χ1v) is 6.61. The van der Waals surface area contributed by atoms with Crippen molar-refractivity contribution in [1.29, 1.82) is 0 Å². The van der Waals surface area contributed by atoms with Crippen molar-refractivity contribution in [3.8, 4) is 0 Å². The number of aryl methyl sites for hydroxylation is 1. The largest absolute Gasteiger partial charge is 0.339 e. The van der Waals surface area contributed by atoms with E-state index in [1.54, 1.807) is 0 Å². The molecule has 0 bridgehead atoms. The monoisotopic (exact) mass is 305 g/mol. The summed E-state index contributed by atoms with van der Waals surface area (Å²) in [6.07, 6.45) is 1.83. The molecular formula is C14H16BrN3. The number of para-hydroxylation sites is 1. The third-order valence-electron chi connectivity index (χ3n) is 2.68. The molecule has 3 nitrogen and oxygen atoms in total. The van der Waals surface area contributed by atoms with Crippen molar-refractivity contribution in [2.45, 2.75) is 19.9 Å². The summed E-state index contributed by atoms with van der Waals surface area (Å²) in [5, 5.41) is 3.31. The molecule has 0 aliphatic rings. The Morgan fingerprint density at radius 1 is 1.33 bits per heavy atom. The molecule has 94 valence electrons. The van der Waals surface area contributed by atoms with Crippen molar-refractivity contribution in [3.63, 3.8) is 0 Å². The zero-order chi connectivity index (χ0) is 13.1. The van der Waals surface area contributed by atoms with E-state index in [9.17, 15) is 0 Å². The average Bonchev–Trinajstić information content (AvgIpc) is 2.33. The quantitative estimate of drug-likeness (QED) is 0.903. The lowest BCUT2D eigenvalue weighted by atomic mass is 10.1. The van der Waals surface area contributed by atoms with E-state index >= 15 is 0 Å². The Morgan fingerprint density at radius 3 is 2.72 bits per heavy atom. The summed E-state index contributed by atoms with van der Waals surface area (Å²) in [7, 11) is 0. The SMILES string of the molecule is Cc1cnc(Nc2ccccc2C(C)N)c(Br)c1. The number of nitrogens with one attached hydrogen (secondary N) is 1. The van der Waals surface area contributed by atoms with Crippen LogP contribution in [-0.2, 0) is 0 Å². The molecule has 0 amide bonds. The van der Waals surface area contributed by atoms with Gasteiger partial charge in [0.05, 0.1) is 4.47 Å². The second-order valence-corrected chi connectivity index (χ2v) is 5.20. The van der Waals surface area contributed by atoms with E-state index in [1.165, 1.54) is 0 Å². The van der Waals surface area contributed by atoms with Crippen LogP contribution in [0.3, 0.4) is 0 Å². The molecule has 0 radical (unpaired) electrons. The number of anilines is 2. The Kier molecular flexibility index (Phi) is 3.99. The van der Waals surface area contributed by atoms with Crippen LogP contribution in [0.2, 0.25) is 0 Å². The van der Waals surface area contributed by atoms with E-state index in [4.69, 9.17) is 5.73 Å². The molecule has 3 N–H and O–H groups in total. The second-order valence-electron chi connectivity index (χ2n) is 4.34. The predicted octanol–water partition coefficient (Wildman–Crippen LogP) is 3.92. The topological polar surface area (TPSA) is 50.9 Å². The third-order valence-corrected chi connectivity index (χ3v) is 3.29. The highest BCUT2D eigenvalue weighted by Gasteiger charge is 2.08. The second kappa shape index (κ2) is 5.50. The van der Waals surface area contributed by atoms with Crippen molar-refractivity contribution in [3.05, 3.63) is 52.1 Å². The molecule has 0 saturated carbocycles. The van der Waals surface area contributed by atoms with Gasteiger partial charge in [-0.05, 0) is 53.0 Å². The number of nitrogens with zero attached hydrogens (tertiary/aromatic N) is 1. The first-order valence-electron chi connectivity index (χ1n) is 5.81. The number of halogens is 1. The van der Waals surface area contributed by atoms with Crippen molar-refractivity contribution in [2.24, 2.45) is 5.73 Å². The summed E-state index contributed by atoms with van der Waals surface area (Å²) in [6, 6.07) is 10.0. The normalized spacial score (nSPS) is 12.2. The number of hydrogen-bond acceptors (Lipinski definition) is 3. The van der Waals surface area contributed by atoms with Gasteiger partial charge in [0.2, 0.25) is 0 Å². The molecule has 0 aliphatic carbocycles. The van der Waals surface area contributed by atoms with Crippen molar-refractivity contribution < 1.29 is 0 Å². The maximum absolute atomic E-state index is 5.96. The standard InChI is InChI=1S/C14H16BrN3/c1-9-7-12(15)14(17-8-9)18-13-6-4-3-5-11(13)10(2)16/h3-8,10H,16H2,1-2H3,(H,17,18). The molecule has 1 atom stereocenters. The lowest BCUT2D eigenvalue weighted by Crippen LogP contribution is -2.08. The van der Waals surface area contributed by atoms with E-state index in [0.29, 0.717) is 0 Å². The summed E-state index contributed by atoms with van der Waals surface area (Å²) in [5.41, 5.74) is 9.14. The Morgan fingerprint density at radius 2 is 2.06 bits per heavy atom. The minimum absolute atomic E-state index is 0.0158. The van der Waals surface area contributed by atoms with Crippen LogP contribution in [-0.4, -0.2) is 4.98 Å². The molecule has 0 fully saturated rings. The van der Waals surface area contributed by atoms with Crippen molar-refractivity contribution in [2.75, 3.05) is 5.32 Å². The smallest absolute Gasteiger partial charge is 0.144 e. The van der Waals surface area contributed by atoms with Gasteiger partial charge in [-0.25, -0.2) is 4.98 Å². The Bertz CT molecular complexity index is 552. The lowest BCUT2D eigenvalue weighted by Gasteiger charge is -2.14. The van der Waals surface area contributed by atoms with Gasteiger partial charge in [0.1, 0.15) is 5.82 Å². The van der Waals surface area contributed by atoms with Crippen molar-refractivity contribution in [1.82, 2.24) is 4.98 Å². The van der Waals surface area contributed by atoms with Gasteiger partial charge < -0.3 is 11.1 Å². The fraction of sp³-hybridized carbons (Fsp3) is 0.214. The van der Waals surface area contributed by atoms with Crippen LogP contribution in [0, 0.1) is 6.92 Å². The van der Waals surface area contributed by atoms with Gasteiger partial charge in [-0.3, -0.25) is 0 Å². The molecule has 18 heavy (non-hydrogen) atoms. The fourth-order valence-corrected chi connectivity index (χ4v) is 2.32. The molecule has 4 heteroatoms. The van der Waals surface area contributed by atoms with Crippen LogP contribution in [0.5, 0.6) is 0 Å². The fourth-order valence-electron chi connectivity index (χ4n) is 1.76. The van der Waals surface area contributed by atoms with E-state index < -0.39 is 0 Å². The number of nitrogens with two attached hydrogens (primary N) is 1. The van der Waals surface area contributed by atoms with Gasteiger partial charge in [-0.1, -0.05) is 18.2 Å². The predicted molar refractivity (Wildman–Crippen MR) is 79.0 cm³/mol. The number of aromatic nitrogens is 1. The highest BCUT2D eigenvalue weighted by Crippen LogP contribution is 2.28. The molecule has 1 aromatic heterocycles. The summed E-state index contributed by atoms with van der Waals surface area (Å²) < 4.78 is 0.946. The third kappa shape index (κ3) is 2.89. The molecule has 1 unspecified atom stereocenters. The molecule has 1 heterocycles. The highest BCUT2D eigenvalue weighted by atomic mass is 79.9. The summed E-state index contributed by atoms with van der Waals surface area (Å²) in [6.45, 7) is 3.98. The van der Waals surface area contributed by atoms with Gasteiger partial charge in [0.15, 0.2) is 0 Å². The van der Waals surface area contributed by atoms with E-state index in [1.807, 2.05) is 50.4 Å². The van der Waals surface area contributed by atoms with E-state index in [0.717, 1.165) is 27.1 Å². The maximum atomic E-state index is 5.96. The first-order chi connectivity index (χ1) is 8.58. The van der Waals surface area contributed by atoms with Crippen LogP contribution in [0.4, 0.5) is 11.5 Å². The molecule has 1 aromatic carbocycles. The zero-order valence-electron chi connectivity index (χ0n) is 10.4. The average molecular weight is 306 g/mol. The van der Waals surface area contributed by atoms with Crippen LogP contribution >= 0.6 is 15.9 Å². The lowest BCUT2D eigenvalue weighted by molar-refractivity contribution is 0.820. The van der Waals surface area contributed by atoms with E-state index in [-0.39, 0.29) is 6.04 Å². The molecule has 2 rings (SSSR count). The van der Waals surface area contributed by atoms with E-state index in [2.05, 4.69) is 26.2 Å². The van der Waals surface area contributed by atoms with Crippen LogP contribution in [0.25, 0.3) is 0 Å². The molecule has 2 aromatic rings. The Labute approximate surface area is 116 Å². The van der Waals surface area contributed by atoms with Gasteiger partial charge in [0, 0.05) is 17.9 Å². The molecule has 0 spiro atoms. The number of rotatable bonds is 3. The van der Waals surface area contributed by atoms with Crippen LogP contribution in [0.15, 0.2) is 41.0 Å². The highest BCUT2D eigenvalue weighted by molar-refractivity contribution is 9.10. The number of hydrogen-bond donors (Lipinski definition) is 2. The Hall–Kier alpha value is -1.39. The van der Waals surface area contributed by atoms with Crippen molar-refractivity contribution >= 4 is 27.4 Å². The number of pyridine rings is 1. The molecular weight excluding hydrogens is 290 g/mol. The van der Waals surface area contributed by atoms with Crippen LogP contribution < -0.4 is 11.1 Å².